The van der Waals surface area contributed by atoms with Crippen LogP contribution in [0, 0.1) is 11.7 Å². The highest BCUT2D eigenvalue weighted by Crippen LogP contribution is 2.22. The Morgan fingerprint density at radius 3 is 2.58 bits per heavy atom. The number of carbonyl (C=O) groups is 1. The number of hydrogen-bond donors (Lipinski definition) is 0. The first-order valence-electron chi connectivity index (χ1n) is 7.75. The summed E-state index contributed by atoms with van der Waals surface area (Å²) in [5.74, 6) is -1.11. The van der Waals surface area contributed by atoms with Gasteiger partial charge in [-0.1, -0.05) is 0 Å². The lowest BCUT2D eigenvalue weighted by Crippen LogP contribution is -2.44. The first-order valence-corrected chi connectivity index (χ1v) is 9.40. The van der Waals surface area contributed by atoms with Crippen molar-refractivity contribution in [2.24, 2.45) is 5.92 Å². The van der Waals surface area contributed by atoms with Crippen molar-refractivity contribution in [2.75, 3.05) is 18.8 Å². The number of aromatic nitrogens is 2. The number of halogens is 1. The Bertz CT molecular complexity index is 686. The molecule has 1 aliphatic heterocycles. The lowest BCUT2D eigenvalue weighted by Gasteiger charge is -2.33. The molecule has 0 bridgehead atoms. The van der Waals surface area contributed by atoms with Crippen molar-refractivity contribution >= 4 is 15.9 Å². The average molecular weight is 359 g/mol. The zero-order chi connectivity index (χ0) is 18.0. The lowest BCUT2D eigenvalue weighted by atomic mass is 10.0. The predicted octanol–water partition coefficient (Wildman–Crippen LogP) is 2.04. The van der Waals surface area contributed by atoms with E-state index in [0.29, 0.717) is 25.9 Å². The van der Waals surface area contributed by atoms with Crippen LogP contribution in [0.1, 0.15) is 33.6 Å². The number of likely N-dealkylation sites (tertiary alicyclic amines) is 1. The van der Waals surface area contributed by atoms with Gasteiger partial charge < -0.3 is 9.64 Å². The Morgan fingerprint density at radius 2 is 2.00 bits per heavy atom. The number of carbonyl (C=O) groups excluding carboxylic acids is 1. The summed E-state index contributed by atoms with van der Waals surface area (Å²) in [4.78, 5) is 20.7. The van der Waals surface area contributed by atoms with Crippen molar-refractivity contribution in [3.8, 4) is 0 Å². The monoisotopic (exact) mass is 359 g/mol. The third-order valence-corrected chi connectivity index (χ3v) is 5.18. The Balaban J connectivity index is 2.02. The molecule has 0 spiro atoms. The summed E-state index contributed by atoms with van der Waals surface area (Å²) in [5.41, 5.74) is -0.599. The molecule has 7 nitrogen and oxygen atoms in total. The van der Waals surface area contributed by atoms with E-state index in [1.807, 2.05) is 0 Å². The van der Waals surface area contributed by atoms with E-state index >= 15 is 0 Å². The number of ether oxygens (including phenoxy) is 1. The van der Waals surface area contributed by atoms with Crippen molar-refractivity contribution in [3.63, 3.8) is 0 Å². The summed E-state index contributed by atoms with van der Waals surface area (Å²) in [6.07, 6.45) is 2.59. The maximum absolute atomic E-state index is 12.8. The van der Waals surface area contributed by atoms with E-state index in [0.717, 1.165) is 12.4 Å². The number of nitrogens with zero attached hydrogens (tertiary/aromatic N) is 3. The molecule has 1 fully saturated rings. The molecule has 1 amide bonds. The minimum absolute atomic E-state index is 0.183. The molecule has 0 N–H and O–H groups in total. The highest BCUT2D eigenvalue weighted by Gasteiger charge is 2.31. The molecule has 0 saturated carbocycles. The van der Waals surface area contributed by atoms with Gasteiger partial charge in [-0.2, -0.15) is 0 Å². The van der Waals surface area contributed by atoms with Crippen LogP contribution in [-0.2, 0) is 14.6 Å². The average Bonchev–Trinajstić information content (AvgIpc) is 2.45. The van der Waals surface area contributed by atoms with Gasteiger partial charge in [0.15, 0.2) is 5.82 Å². The van der Waals surface area contributed by atoms with Crippen molar-refractivity contribution in [1.82, 2.24) is 14.9 Å². The molecule has 2 heterocycles. The molecule has 2 rings (SSSR count). The van der Waals surface area contributed by atoms with Gasteiger partial charge in [0.25, 0.3) is 0 Å². The summed E-state index contributed by atoms with van der Waals surface area (Å²) in [6, 6.07) is 0. The van der Waals surface area contributed by atoms with Gasteiger partial charge in [-0.05, 0) is 39.5 Å². The van der Waals surface area contributed by atoms with Crippen LogP contribution in [0.25, 0.3) is 0 Å². The summed E-state index contributed by atoms with van der Waals surface area (Å²) in [6.45, 7) is 6.18. The molecule has 134 valence electrons. The summed E-state index contributed by atoms with van der Waals surface area (Å²) in [5, 5.41) is -0.390. The Kier molecular flexibility index (Phi) is 5.42. The molecular weight excluding hydrogens is 337 g/mol. The SMILES string of the molecule is CC(C)(C)OC(=O)N1CCC[C@@H](CS(=O)(=O)c2ncc(F)cn2)C1. The lowest BCUT2D eigenvalue weighted by molar-refractivity contribution is 0.0176. The van der Waals surface area contributed by atoms with Crippen LogP contribution in [0.4, 0.5) is 9.18 Å². The van der Waals surface area contributed by atoms with E-state index in [4.69, 9.17) is 4.74 Å². The van der Waals surface area contributed by atoms with Crippen LogP contribution in [0.2, 0.25) is 0 Å². The number of rotatable bonds is 3. The highest BCUT2D eigenvalue weighted by molar-refractivity contribution is 7.91. The van der Waals surface area contributed by atoms with Gasteiger partial charge in [-0.3, -0.25) is 0 Å². The molecule has 1 saturated heterocycles. The van der Waals surface area contributed by atoms with Crippen LogP contribution in [0.5, 0.6) is 0 Å². The second-order valence-corrected chi connectivity index (χ2v) is 8.83. The standard InChI is InChI=1S/C15H22FN3O4S/c1-15(2,3)23-14(20)19-6-4-5-11(9-19)10-24(21,22)13-17-7-12(16)8-18-13/h7-8,11H,4-6,9-10H2,1-3H3/t11-/m1/s1. The minimum Gasteiger partial charge on any atom is -0.444 e. The Morgan fingerprint density at radius 1 is 1.38 bits per heavy atom. The molecule has 0 radical (unpaired) electrons. The van der Waals surface area contributed by atoms with Gasteiger partial charge in [0.1, 0.15) is 5.60 Å². The fraction of sp³-hybridized carbons (Fsp3) is 0.667. The van der Waals surface area contributed by atoms with Crippen molar-refractivity contribution in [3.05, 3.63) is 18.2 Å². The van der Waals surface area contributed by atoms with E-state index in [1.165, 1.54) is 4.90 Å². The van der Waals surface area contributed by atoms with E-state index in [-0.39, 0.29) is 11.7 Å². The van der Waals surface area contributed by atoms with E-state index in [2.05, 4.69) is 9.97 Å². The van der Waals surface area contributed by atoms with Crippen molar-refractivity contribution in [2.45, 2.75) is 44.4 Å². The van der Waals surface area contributed by atoms with Crippen LogP contribution in [-0.4, -0.2) is 53.8 Å². The summed E-state index contributed by atoms with van der Waals surface area (Å²) in [7, 11) is -3.73. The van der Waals surface area contributed by atoms with Gasteiger partial charge in [-0.15, -0.1) is 0 Å². The zero-order valence-corrected chi connectivity index (χ0v) is 14.8. The molecule has 9 heteroatoms. The predicted molar refractivity (Wildman–Crippen MR) is 84.6 cm³/mol. The quantitative estimate of drug-likeness (QED) is 0.767. The smallest absolute Gasteiger partial charge is 0.410 e. The van der Waals surface area contributed by atoms with Crippen molar-refractivity contribution < 1.29 is 22.3 Å². The number of sulfone groups is 1. The third kappa shape index (κ3) is 5.12. The fourth-order valence-electron chi connectivity index (χ4n) is 2.54. The third-order valence-electron chi connectivity index (χ3n) is 3.50. The Labute approximate surface area is 141 Å². The molecule has 1 atom stereocenters. The van der Waals surface area contributed by atoms with Gasteiger partial charge in [0, 0.05) is 13.1 Å². The van der Waals surface area contributed by atoms with Gasteiger partial charge in [0.2, 0.25) is 15.0 Å². The summed E-state index contributed by atoms with van der Waals surface area (Å²) >= 11 is 0. The molecule has 1 aliphatic rings. The zero-order valence-electron chi connectivity index (χ0n) is 14.0. The van der Waals surface area contributed by atoms with Crippen LogP contribution < -0.4 is 0 Å². The van der Waals surface area contributed by atoms with E-state index < -0.39 is 32.5 Å². The largest absolute Gasteiger partial charge is 0.444 e. The highest BCUT2D eigenvalue weighted by atomic mass is 32.2. The first-order chi connectivity index (χ1) is 11.1. The van der Waals surface area contributed by atoms with Gasteiger partial charge in [-0.25, -0.2) is 27.6 Å². The van der Waals surface area contributed by atoms with Crippen LogP contribution in [0.15, 0.2) is 17.6 Å². The van der Waals surface area contributed by atoms with E-state index in [9.17, 15) is 17.6 Å². The maximum atomic E-state index is 12.8. The van der Waals surface area contributed by atoms with Crippen LogP contribution >= 0.6 is 0 Å². The molecule has 1 aromatic heterocycles. The minimum atomic E-state index is -3.73. The second kappa shape index (κ2) is 7.00. The topological polar surface area (TPSA) is 89.5 Å². The molecule has 1 aromatic rings. The number of amides is 1. The normalized spacial score (nSPS) is 19.2. The molecule has 24 heavy (non-hydrogen) atoms. The molecule has 0 aromatic carbocycles. The fourth-order valence-corrected chi connectivity index (χ4v) is 4.01. The number of hydrogen-bond acceptors (Lipinski definition) is 6. The summed E-state index contributed by atoms with van der Waals surface area (Å²) < 4.78 is 42.8. The van der Waals surface area contributed by atoms with Crippen LogP contribution in [0.3, 0.4) is 0 Å². The molecule has 0 aliphatic carbocycles. The van der Waals surface area contributed by atoms with E-state index in [1.54, 1.807) is 20.8 Å². The first kappa shape index (κ1) is 18.6. The number of piperidine rings is 1. The van der Waals surface area contributed by atoms with Gasteiger partial charge in [0.05, 0.1) is 18.1 Å². The second-order valence-electron chi connectivity index (χ2n) is 6.90. The Hall–Kier alpha value is -1.77. The molecule has 0 unspecified atom stereocenters. The van der Waals surface area contributed by atoms with Gasteiger partial charge >= 0.3 is 6.09 Å². The van der Waals surface area contributed by atoms with Crippen molar-refractivity contribution in [1.29, 1.82) is 0 Å². The molecular formula is C15H22FN3O4S. The maximum Gasteiger partial charge on any atom is 0.410 e.